The zero-order valence-corrected chi connectivity index (χ0v) is 30.0. The summed E-state index contributed by atoms with van der Waals surface area (Å²) in [5.41, 5.74) is 15.2. The minimum Gasteiger partial charge on any atom is -0.456 e. The van der Waals surface area contributed by atoms with Crippen LogP contribution in [0.25, 0.3) is 55.7 Å². The fraction of sp³-hybridized carbons (Fsp3) is 0.234. The van der Waals surface area contributed by atoms with E-state index in [0.717, 1.165) is 64.0 Å². The Morgan fingerprint density at radius 3 is 2.31 bits per heavy atom. The lowest BCUT2D eigenvalue weighted by Crippen LogP contribution is -2.37. The molecule has 9 rings (SSSR count). The fourth-order valence-corrected chi connectivity index (χ4v) is 8.90. The van der Waals surface area contributed by atoms with Crippen molar-refractivity contribution >= 4 is 44.4 Å². The van der Waals surface area contributed by atoms with Gasteiger partial charge in [-0.15, -0.1) is 0 Å². The molecule has 7 aromatic rings. The SMILES string of the molecule is C=CC1=NC2CC(=C)n3c([n+](-c4c(C(C)C)cccc4C(C)C)c4ccccc43)-c3cc4c(cc3CCC2c2ccccc21)oc1ccccc14. The Balaban J connectivity index is 1.42. The molecule has 2 aliphatic rings. The Labute approximate surface area is 300 Å². The largest absolute Gasteiger partial charge is 0.456 e. The second kappa shape index (κ2) is 12.1. The van der Waals surface area contributed by atoms with E-state index in [1.807, 2.05) is 6.08 Å². The lowest BCUT2D eigenvalue weighted by atomic mass is 9.78. The minimum absolute atomic E-state index is 0.0357. The molecule has 0 amide bonds. The molecule has 4 nitrogen and oxygen atoms in total. The smallest absolute Gasteiger partial charge is 0.300 e. The second-order valence-corrected chi connectivity index (χ2v) is 15.0. The molecular formula is C47H44N3O+. The van der Waals surface area contributed by atoms with Crippen molar-refractivity contribution in [3.63, 3.8) is 0 Å². The van der Waals surface area contributed by atoms with Crippen LogP contribution in [0.5, 0.6) is 0 Å². The first-order chi connectivity index (χ1) is 24.8. The molecule has 0 saturated heterocycles. The number of aromatic nitrogens is 2. The van der Waals surface area contributed by atoms with E-state index < -0.39 is 0 Å². The maximum Gasteiger partial charge on any atom is 0.300 e. The van der Waals surface area contributed by atoms with Crippen LogP contribution in [0.3, 0.4) is 0 Å². The highest BCUT2D eigenvalue weighted by molar-refractivity contribution is 6.10. The number of allylic oxidation sites excluding steroid dienone is 1. The minimum atomic E-state index is 0.0357. The predicted molar refractivity (Wildman–Crippen MR) is 212 cm³/mol. The molecule has 2 aliphatic heterocycles. The van der Waals surface area contributed by atoms with Gasteiger partial charge < -0.3 is 4.42 Å². The van der Waals surface area contributed by atoms with E-state index in [-0.39, 0.29) is 12.0 Å². The van der Waals surface area contributed by atoms with Crippen LogP contribution in [-0.4, -0.2) is 16.3 Å². The van der Waals surface area contributed by atoms with Gasteiger partial charge in [-0.3, -0.25) is 4.99 Å². The van der Waals surface area contributed by atoms with Crippen LogP contribution in [0.4, 0.5) is 0 Å². The average molecular weight is 667 g/mol. The number of nitrogens with zero attached hydrogens (tertiary/aromatic N) is 3. The summed E-state index contributed by atoms with van der Waals surface area (Å²) in [6.45, 7) is 18.3. The van der Waals surface area contributed by atoms with E-state index in [9.17, 15) is 0 Å². The third-order valence-corrected chi connectivity index (χ3v) is 11.3. The Morgan fingerprint density at radius 1 is 0.804 bits per heavy atom. The van der Waals surface area contributed by atoms with Crippen LogP contribution in [0, 0.1) is 0 Å². The van der Waals surface area contributed by atoms with Crippen molar-refractivity contribution in [2.75, 3.05) is 0 Å². The molecule has 51 heavy (non-hydrogen) atoms. The highest BCUT2D eigenvalue weighted by atomic mass is 16.3. The van der Waals surface area contributed by atoms with Gasteiger partial charge in [0.05, 0.1) is 17.3 Å². The summed E-state index contributed by atoms with van der Waals surface area (Å²) in [7, 11) is 0. The van der Waals surface area contributed by atoms with Crippen LogP contribution in [0.15, 0.2) is 132 Å². The first-order valence-electron chi connectivity index (χ1n) is 18.4. The van der Waals surface area contributed by atoms with Gasteiger partial charge in [0.2, 0.25) is 0 Å². The van der Waals surface area contributed by atoms with E-state index >= 15 is 0 Å². The van der Waals surface area contributed by atoms with Crippen molar-refractivity contribution in [1.82, 2.24) is 4.57 Å². The van der Waals surface area contributed by atoms with Gasteiger partial charge in [0, 0.05) is 39.8 Å². The van der Waals surface area contributed by atoms with Crippen molar-refractivity contribution in [3.8, 4) is 17.1 Å². The van der Waals surface area contributed by atoms with Gasteiger partial charge >= 0.3 is 0 Å². The van der Waals surface area contributed by atoms with Gasteiger partial charge in [0.15, 0.2) is 11.0 Å². The van der Waals surface area contributed by atoms with E-state index in [1.54, 1.807) is 0 Å². The summed E-state index contributed by atoms with van der Waals surface area (Å²) in [5.74, 6) is 2.04. The van der Waals surface area contributed by atoms with E-state index in [0.29, 0.717) is 11.8 Å². The molecular weight excluding hydrogens is 623 g/mol. The summed E-state index contributed by atoms with van der Waals surface area (Å²) in [6.07, 6.45) is 4.50. The first kappa shape index (κ1) is 31.5. The molecule has 0 aliphatic carbocycles. The Kier molecular flexibility index (Phi) is 7.47. The number of fused-ring (bicyclic) bond motifs is 11. The zero-order chi connectivity index (χ0) is 35.0. The van der Waals surface area contributed by atoms with Gasteiger partial charge in [0.25, 0.3) is 5.82 Å². The highest BCUT2D eigenvalue weighted by Crippen LogP contribution is 2.44. The monoisotopic (exact) mass is 666 g/mol. The predicted octanol–water partition coefficient (Wildman–Crippen LogP) is 11.7. The van der Waals surface area contributed by atoms with Crippen LogP contribution in [0.2, 0.25) is 0 Å². The van der Waals surface area contributed by atoms with Gasteiger partial charge in [-0.25, -0.2) is 0 Å². The van der Waals surface area contributed by atoms with Gasteiger partial charge in [-0.1, -0.05) is 114 Å². The molecule has 2 unspecified atom stereocenters. The van der Waals surface area contributed by atoms with Crippen molar-refractivity contribution in [2.24, 2.45) is 4.99 Å². The number of hydrogen-bond acceptors (Lipinski definition) is 2. The number of furan rings is 1. The lowest BCUT2D eigenvalue weighted by molar-refractivity contribution is -0.556. The van der Waals surface area contributed by atoms with Crippen molar-refractivity contribution in [3.05, 3.63) is 150 Å². The normalized spacial score (nSPS) is 17.4. The number of rotatable bonds is 4. The fourth-order valence-electron chi connectivity index (χ4n) is 8.90. The second-order valence-electron chi connectivity index (χ2n) is 15.0. The van der Waals surface area contributed by atoms with Crippen LogP contribution in [0.1, 0.15) is 86.1 Å². The van der Waals surface area contributed by atoms with Crippen LogP contribution < -0.4 is 4.57 Å². The molecule has 0 spiro atoms. The molecule has 0 N–H and O–H groups in total. The van der Waals surface area contributed by atoms with Gasteiger partial charge in [-0.2, -0.15) is 9.13 Å². The molecule has 0 fully saturated rings. The molecule has 2 aromatic heterocycles. The third kappa shape index (κ3) is 4.87. The molecule has 0 saturated carbocycles. The van der Waals surface area contributed by atoms with Crippen LogP contribution in [-0.2, 0) is 6.42 Å². The first-order valence-corrected chi connectivity index (χ1v) is 18.4. The third-order valence-electron chi connectivity index (χ3n) is 11.3. The maximum atomic E-state index is 6.56. The summed E-state index contributed by atoms with van der Waals surface area (Å²) in [5, 5.41) is 2.27. The number of aryl methyl sites for hydroxylation is 1. The standard InChI is InChI=1S/C47H44N3O/c1-7-40-35-16-9-8-15-34(35)36-24-23-31-26-45-39(37-17-10-13-22-44(37)51-45)27-38(31)47-49(30(6)25-41(36)48-40)42-20-11-12-21-43(42)50(47)46-32(28(2)3)18-14-19-33(46)29(4)5/h7-22,26-29,36,41H,1,6,23-25H2,2-5H3/q+1. The van der Waals surface area contributed by atoms with Crippen LogP contribution >= 0.6 is 0 Å². The van der Waals surface area contributed by atoms with Gasteiger partial charge in [0.1, 0.15) is 22.6 Å². The number of para-hydroxylation sites is 4. The summed E-state index contributed by atoms with van der Waals surface area (Å²) < 4.78 is 11.6. The number of benzene rings is 5. The molecule has 0 bridgehead atoms. The van der Waals surface area contributed by atoms with Crippen molar-refractivity contribution in [1.29, 1.82) is 0 Å². The molecule has 4 heteroatoms. The molecule has 4 heterocycles. The Bertz CT molecular complexity index is 2550. The summed E-state index contributed by atoms with van der Waals surface area (Å²) in [6, 6.07) is 37.7. The van der Waals surface area contributed by atoms with Crippen molar-refractivity contribution in [2.45, 2.75) is 70.8 Å². The highest BCUT2D eigenvalue weighted by Gasteiger charge is 2.38. The molecule has 252 valence electrons. The number of aliphatic imine (C=N–C) groups is 1. The molecule has 5 aromatic carbocycles. The lowest BCUT2D eigenvalue weighted by Gasteiger charge is -2.32. The number of hydrogen-bond donors (Lipinski definition) is 0. The van der Waals surface area contributed by atoms with E-state index in [2.05, 4.69) is 147 Å². The van der Waals surface area contributed by atoms with Gasteiger partial charge in [-0.05, 0) is 72.2 Å². The summed E-state index contributed by atoms with van der Waals surface area (Å²) in [4.78, 5) is 5.41. The zero-order valence-electron chi connectivity index (χ0n) is 30.0. The molecule has 0 radical (unpaired) electrons. The summed E-state index contributed by atoms with van der Waals surface area (Å²) >= 11 is 0. The average Bonchev–Trinajstić information content (AvgIpc) is 3.68. The number of imidazole rings is 1. The van der Waals surface area contributed by atoms with Crippen molar-refractivity contribution < 1.29 is 8.98 Å². The van der Waals surface area contributed by atoms with E-state index in [1.165, 1.54) is 44.6 Å². The Morgan fingerprint density at radius 2 is 1.53 bits per heavy atom. The molecule has 2 atom stereocenters. The quantitative estimate of drug-likeness (QED) is 0.172. The Hall–Kier alpha value is -5.48. The van der Waals surface area contributed by atoms with E-state index in [4.69, 9.17) is 16.0 Å². The maximum absolute atomic E-state index is 6.56. The topological polar surface area (TPSA) is 34.3 Å².